The van der Waals surface area contributed by atoms with Crippen LogP contribution < -0.4 is 10.6 Å². The summed E-state index contributed by atoms with van der Waals surface area (Å²) in [7, 11) is 0. The van der Waals surface area contributed by atoms with Gasteiger partial charge in [-0.25, -0.2) is 4.79 Å². The highest BCUT2D eigenvalue weighted by Gasteiger charge is 2.25. The largest absolute Gasteiger partial charge is 0.372 e. The maximum Gasteiger partial charge on any atom is 0.320 e. The van der Waals surface area contributed by atoms with Gasteiger partial charge in [-0.1, -0.05) is 5.92 Å². The van der Waals surface area contributed by atoms with Crippen molar-refractivity contribution < 1.29 is 14.3 Å². The lowest BCUT2D eigenvalue weighted by Crippen LogP contribution is -2.49. The molecule has 24 heavy (non-hydrogen) atoms. The molecule has 2 atom stereocenters. The number of amides is 3. The van der Waals surface area contributed by atoms with Gasteiger partial charge >= 0.3 is 6.03 Å². The first-order valence-electron chi connectivity index (χ1n) is 7.88. The van der Waals surface area contributed by atoms with Crippen LogP contribution in [0.25, 0.3) is 0 Å². The Kier molecular flexibility index (Phi) is 6.21. The van der Waals surface area contributed by atoms with Gasteiger partial charge in [0.25, 0.3) is 0 Å². The molecule has 8 heteroatoms. The quantitative estimate of drug-likeness (QED) is 0.793. The molecule has 0 saturated carbocycles. The Balaban J connectivity index is 1.85. The average molecular weight is 333 g/mol. The van der Waals surface area contributed by atoms with E-state index >= 15 is 0 Å². The second-order valence-electron chi connectivity index (χ2n) is 5.72. The number of rotatable bonds is 4. The third kappa shape index (κ3) is 5.28. The molecule has 130 valence electrons. The van der Waals surface area contributed by atoms with Crippen LogP contribution in [-0.2, 0) is 16.1 Å². The SMILES string of the molecule is CC#CCNC(=O)Nc1cnn(CC(=O)N2C[C@@H](C)O[C@H](C)C2)c1. The molecule has 1 aromatic rings. The zero-order valence-corrected chi connectivity index (χ0v) is 14.2. The predicted octanol–water partition coefficient (Wildman–Crippen LogP) is 0.664. The van der Waals surface area contributed by atoms with Gasteiger partial charge in [-0.3, -0.25) is 9.48 Å². The number of hydrogen-bond donors (Lipinski definition) is 2. The molecule has 1 saturated heterocycles. The van der Waals surface area contributed by atoms with Crippen LogP contribution in [0.15, 0.2) is 12.4 Å². The molecule has 0 radical (unpaired) electrons. The highest BCUT2D eigenvalue weighted by atomic mass is 16.5. The van der Waals surface area contributed by atoms with E-state index in [0.29, 0.717) is 18.8 Å². The van der Waals surface area contributed by atoms with Crippen molar-refractivity contribution >= 4 is 17.6 Å². The summed E-state index contributed by atoms with van der Waals surface area (Å²) in [6.07, 6.45) is 3.18. The lowest BCUT2D eigenvalue weighted by Gasteiger charge is -2.35. The number of anilines is 1. The number of nitrogens with zero attached hydrogens (tertiary/aromatic N) is 3. The van der Waals surface area contributed by atoms with Gasteiger partial charge in [0.15, 0.2) is 0 Å². The van der Waals surface area contributed by atoms with E-state index in [-0.39, 0.29) is 37.2 Å². The minimum absolute atomic E-state index is 0.0191. The fourth-order valence-corrected chi connectivity index (χ4v) is 2.52. The van der Waals surface area contributed by atoms with Crippen molar-refractivity contribution in [1.82, 2.24) is 20.0 Å². The first-order valence-corrected chi connectivity index (χ1v) is 7.88. The number of ether oxygens (including phenoxy) is 1. The monoisotopic (exact) mass is 333 g/mol. The highest BCUT2D eigenvalue weighted by molar-refractivity contribution is 5.89. The Morgan fingerprint density at radius 2 is 2.08 bits per heavy atom. The predicted molar refractivity (Wildman–Crippen MR) is 89.3 cm³/mol. The lowest BCUT2D eigenvalue weighted by molar-refractivity contribution is -0.144. The van der Waals surface area contributed by atoms with Gasteiger partial charge in [0.1, 0.15) is 6.54 Å². The fraction of sp³-hybridized carbons (Fsp3) is 0.562. The number of urea groups is 1. The van der Waals surface area contributed by atoms with Crippen LogP contribution in [-0.4, -0.2) is 58.5 Å². The van der Waals surface area contributed by atoms with Crippen molar-refractivity contribution in [3.63, 3.8) is 0 Å². The van der Waals surface area contributed by atoms with Gasteiger partial charge in [-0.15, -0.1) is 5.92 Å². The third-order valence-corrected chi connectivity index (χ3v) is 3.47. The highest BCUT2D eigenvalue weighted by Crippen LogP contribution is 2.12. The molecule has 2 N–H and O–H groups in total. The molecule has 0 bridgehead atoms. The molecule has 2 rings (SSSR count). The molecule has 0 aromatic carbocycles. The van der Waals surface area contributed by atoms with Crippen molar-refractivity contribution in [1.29, 1.82) is 0 Å². The maximum absolute atomic E-state index is 12.4. The average Bonchev–Trinajstić information content (AvgIpc) is 2.93. The molecule has 0 unspecified atom stereocenters. The van der Waals surface area contributed by atoms with E-state index in [1.165, 1.54) is 10.9 Å². The Hall–Kier alpha value is -2.53. The normalized spacial score (nSPS) is 20.0. The van der Waals surface area contributed by atoms with E-state index in [4.69, 9.17) is 4.74 Å². The Morgan fingerprint density at radius 1 is 1.38 bits per heavy atom. The molecule has 1 aliphatic heterocycles. The van der Waals surface area contributed by atoms with Crippen LogP contribution in [0.3, 0.4) is 0 Å². The number of nitrogens with one attached hydrogen (secondary N) is 2. The summed E-state index contributed by atoms with van der Waals surface area (Å²) in [6, 6.07) is -0.362. The van der Waals surface area contributed by atoms with E-state index in [0.717, 1.165) is 0 Å². The van der Waals surface area contributed by atoms with Crippen molar-refractivity contribution in [3.8, 4) is 11.8 Å². The summed E-state index contributed by atoms with van der Waals surface area (Å²) >= 11 is 0. The summed E-state index contributed by atoms with van der Waals surface area (Å²) in [5.74, 6) is 5.41. The van der Waals surface area contributed by atoms with E-state index in [1.807, 2.05) is 13.8 Å². The van der Waals surface area contributed by atoms with Crippen LogP contribution in [0.1, 0.15) is 20.8 Å². The summed E-state index contributed by atoms with van der Waals surface area (Å²) in [4.78, 5) is 25.8. The van der Waals surface area contributed by atoms with Gasteiger partial charge in [-0.2, -0.15) is 5.10 Å². The Labute approximate surface area is 141 Å². The van der Waals surface area contributed by atoms with Gasteiger partial charge in [0.05, 0.1) is 30.6 Å². The van der Waals surface area contributed by atoms with Gasteiger partial charge in [0.2, 0.25) is 5.91 Å². The molecule has 1 fully saturated rings. The number of aromatic nitrogens is 2. The second-order valence-corrected chi connectivity index (χ2v) is 5.72. The minimum atomic E-state index is -0.362. The third-order valence-electron chi connectivity index (χ3n) is 3.47. The van der Waals surface area contributed by atoms with Crippen molar-refractivity contribution in [2.24, 2.45) is 0 Å². The van der Waals surface area contributed by atoms with E-state index < -0.39 is 0 Å². The second kappa shape index (κ2) is 8.36. The Bertz CT molecular complexity index is 636. The molecule has 0 spiro atoms. The summed E-state index contributed by atoms with van der Waals surface area (Å²) in [6.45, 7) is 7.18. The molecular weight excluding hydrogens is 310 g/mol. The molecule has 1 aromatic heterocycles. The first kappa shape index (κ1) is 17.8. The number of hydrogen-bond acceptors (Lipinski definition) is 4. The van der Waals surface area contributed by atoms with Crippen LogP contribution in [0, 0.1) is 11.8 Å². The molecule has 2 heterocycles. The zero-order chi connectivity index (χ0) is 17.5. The lowest BCUT2D eigenvalue weighted by atomic mass is 10.2. The molecular formula is C16H23N5O3. The van der Waals surface area contributed by atoms with Gasteiger partial charge in [0, 0.05) is 19.3 Å². The van der Waals surface area contributed by atoms with Gasteiger partial charge in [-0.05, 0) is 20.8 Å². The number of morpholine rings is 1. The van der Waals surface area contributed by atoms with Crippen molar-refractivity contribution in [3.05, 3.63) is 12.4 Å². The molecule has 0 aliphatic carbocycles. The zero-order valence-electron chi connectivity index (χ0n) is 14.2. The summed E-state index contributed by atoms with van der Waals surface area (Å²) < 4.78 is 7.13. The van der Waals surface area contributed by atoms with E-state index in [9.17, 15) is 9.59 Å². The molecule has 1 aliphatic rings. The molecule has 8 nitrogen and oxygen atoms in total. The molecule has 3 amide bonds. The van der Waals surface area contributed by atoms with Crippen molar-refractivity contribution in [2.45, 2.75) is 39.5 Å². The number of carbonyl (C=O) groups is 2. The standard InChI is InChI=1S/C16H23N5O3/c1-4-5-6-17-16(23)19-14-7-18-21(10-14)11-15(22)20-8-12(2)24-13(3)9-20/h7,10,12-13H,6,8-9,11H2,1-3H3,(H2,17,19,23)/t12-,13-/m1/s1. The summed E-state index contributed by atoms with van der Waals surface area (Å²) in [5, 5.41) is 9.34. The van der Waals surface area contributed by atoms with Crippen molar-refractivity contribution in [2.75, 3.05) is 25.0 Å². The topological polar surface area (TPSA) is 88.5 Å². The maximum atomic E-state index is 12.4. The van der Waals surface area contributed by atoms with E-state index in [1.54, 1.807) is 18.0 Å². The number of carbonyl (C=O) groups excluding carboxylic acids is 2. The fourth-order valence-electron chi connectivity index (χ4n) is 2.52. The minimum Gasteiger partial charge on any atom is -0.372 e. The smallest absolute Gasteiger partial charge is 0.320 e. The Morgan fingerprint density at radius 3 is 2.75 bits per heavy atom. The first-order chi connectivity index (χ1) is 11.5. The van der Waals surface area contributed by atoms with E-state index in [2.05, 4.69) is 27.6 Å². The van der Waals surface area contributed by atoms with Crippen LogP contribution in [0.5, 0.6) is 0 Å². The van der Waals surface area contributed by atoms with Crippen LogP contribution in [0.2, 0.25) is 0 Å². The van der Waals surface area contributed by atoms with Crippen LogP contribution >= 0.6 is 0 Å². The van der Waals surface area contributed by atoms with Crippen LogP contribution in [0.4, 0.5) is 10.5 Å². The summed E-state index contributed by atoms with van der Waals surface area (Å²) in [5.41, 5.74) is 0.522. The van der Waals surface area contributed by atoms with Gasteiger partial charge < -0.3 is 20.3 Å².